The van der Waals surface area contributed by atoms with Crippen LogP contribution in [0.5, 0.6) is 5.75 Å². The minimum absolute atomic E-state index is 0.118. The second kappa shape index (κ2) is 12.9. The molecule has 0 aliphatic carbocycles. The Morgan fingerprint density at radius 1 is 1.00 bits per heavy atom. The molecule has 0 heterocycles. The van der Waals surface area contributed by atoms with E-state index in [9.17, 15) is 35.9 Å². The number of carbonyl (C=O) groups excluding carboxylic acids is 2. The zero-order valence-electron chi connectivity index (χ0n) is 18.7. The van der Waals surface area contributed by atoms with E-state index in [1.54, 1.807) is 38.1 Å². The van der Waals surface area contributed by atoms with E-state index in [1.165, 1.54) is 0 Å². The van der Waals surface area contributed by atoms with Crippen LogP contribution in [0.3, 0.4) is 0 Å². The van der Waals surface area contributed by atoms with Gasteiger partial charge in [-0.1, -0.05) is 35.9 Å². The van der Waals surface area contributed by atoms with Gasteiger partial charge in [0.2, 0.25) is 5.91 Å². The van der Waals surface area contributed by atoms with E-state index in [-0.39, 0.29) is 23.2 Å². The Bertz CT molecular complexity index is 1040. The summed E-state index contributed by atoms with van der Waals surface area (Å²) in [6, 6.07) is 11.1. The minimum atomic E-state index is -4.70. The standard InChI is InChI=1S/C12H14N2O.C8H6F3NO2.C2H3F3S/c1-4-12(2,3)14(13)11(15)10-8-6-5-7-9-10;9-8(10,11)5-3-4(7(12)14)1-2-6(5)13;1-6-2(3,4)5/h1,5-9H,13H2,2-3H3;1-3,13H,(H2,12,14);1H3. The molecule has 0 aliphatic rings. The number of carbonyl (C=O) groups is 2. The molecular weight excluding hydrogens is 500 g/mol. The molecule has 13 heteroatoms. The lowest BCUT2D eigenvalue weighted by molar-refractivity contribution is -0.138. The number of rotatable bonds is 3. The second-order valence-corrected chi connectivity index (χ2v) is 7.86. The van der Waals surface area contributed by atoms with Crippen molar-refractivity contribution in [2.24, 2.45) is 11.6 Å². The normalized spacial score (nSPS) is 11.1. The predicted octanol–water partition coefficient (Wildman–Crippen LogP) is 4.79. The Balaban J connectivity index is 0.000000540. The van der Waals surface area contributed by atoms with Crippen LogP contribution in [0.25, 0.3) is 0 Å². The molecule has 2 aromatic rings. The van der Waals surface area contributed by atoms with Crippen LogP contribution in [0.4, 0.5) is 26.3 Å². The van der Waals surface area contributed by atoms with Gasteiger partial charge in [-0.05, 0) is 50.4 Å². The number of amides is 2. The Morgan fingerprint density at radius 2 is 1.49 bits per heavy atom. The third kappa shape index (κ3) is 11.1. The van der Waals surface area contributed by atoms with E-state index < -0.39 is 34.4 Å². The van der Waals surface area contributed by atoms with Gasteiger partial charge in [0.05, 0.1) is 5.56 Å². The summed E-state index contributed by atoms with van der Waals surface area (Å²) in [6.07, 6.45) is 1.60. The number of phenols is 1. The van der Waals surface area contributed by atoms with Gasteiger partial charge in [-0.2, -0.15) is 26.3 Å². The van der Waals surface area contributed by atoms with Crippen molar-refractivity contribution in [3.05, 3.63) is 65.2 Å². The Kier molecular flexibility index (Phi) is 11.7. The fourth-order valence-corrected chi connectivity index (χ4v) is 1.96. The number of terminal acetylenes is 1. The van der Waals surface area contributed by atoms with Crippen LogP contribution in [0, 0.1) is 12.3 Å². The largest absolute Gasteiger partial charge is 0.507 e. The Hall–Kier alpha value is -3.37. The summed E-state index contributed by atoms with van der Waals surface area (Å²) in [4.78, 5) is 22.4. The second-order valence-electron chi connectivity index (χ2n) is 6.99. The molecule has 6 nitrogen and oxygen atoms in total. The maximum atomic E-state index is 12.2. The zero-order chi connectivity index (χ0) is 27.6. The zero-order valence-corrected chi connectivity index (χ0v) is 19.6. The van der Waals surface area contributed by atoms with Crippen molar-refractivity contribution in [3.8, 4) is 18.1 Å². The van der Waals surface area contributed by atoms with Gasteiger partial charge in [0.15, 0.2) is 0 Å². The molecule has 0 aliphatic heterocycles. The number of nitrogens with two attached hydrogens (primary N) is 2. The number of phenolic OH excluding ortho intramolecular Hbond substituents is 1. The summed E-state index contributed by atoms with van der Waals surface area (Å²) >= 11 is -0.118. The number of hydrogen-bond acceptors (Lipinski definition) is 5. The van der Waals surface area contributed by atoms with Gasteiger partial charge in [0.25, 0.3) is 5.91 Å². The average Bonchev–Trinajstić information content (AvgIpc) is 2.78. The molecule has 2 aromatic carbocycles. The van der Waals surface area contributed by atoms with Gasteiger partial charge in [0.1, 0.15) is 11.3 Å². The van der Waals surface area contributed by atoms with E-state index in [4.69, 9.17) is 23.1 Å². The molecule has 0 bridgehead atoms. The number of nitrogens with zero attached hydrogens (tertiary/aromatic N) is 1. The third-order valence-electron chi connectivity index (χ3n) is 4.01. The average molecular weight is 523 g/mol. The van der Waals surface area contributed by atoms with Gasteiger partial charge >= 0.3 is 11.7 Å². The number of hydrazine groups is 1. The van der Waals surface area contributed by atoms with Crippen LogP contribution >= 0.6 is 11.8 Å². The summed E-state index contributed by atoms with van der Waals surface area (Å²) in [5.74, 6) is 5.97. The smallest absolute Gasteiger partial charge is 0.441 e. The maximum Gasteiger partial charge on any atom is 0.441 e. The lowest BCUT2D eigenvalue weighted by Gasteiger charge is -2.29. The lowest BCUT2D eigenvalue weighted by atomic mass is 10.1. The number of thioether (sulfide) groups is 1. The number of alkyl halides is 6. The van der Waals surface area contributed by atoms with E-state index >= 15 is 0 Å². The SMILES string of the molecule is C#CC(C)(C)N(N)C(=O)c1ccccc1.CSC(F)(F)F.NC(=O)c1ccc(O)c(C(F)(F)F)c1. The van der Waals surface area contributed by atoms with Crippen LogP contribution < -0.4 is 11.6 Å². The number of primary amides is 1. The van der Waals surface area contributed by atoms with E-state index in [1.807, 2.05) is 6.07 Å². The molecular formula is C22H23F6N3O3S. The quantitative estimate of drug-likeness (QED) is 0.176. The number of hydrogen-bond donors (Lipinski definition) is 3. The van der Waals surface area contributed by atoms with Crippen molar-refractivity contribution < 1.29 is 41.0 Å². The summed E-state index contributed by atoms with van der Waals surface area (Å²) in [5, 5.41) is 9.95. The summed E-state index contributed by atoms with van der Waals surface area (Å²) in [7, 11) is 0. The molecule has 0 spiro atoms. The fourth-order valence-electron chi connectivity index (χ4n) is 1.96. The first-order valence-corrected chi connectivity index (χ1v) is 10.5. The van der Waals surface area contributed by atoms with Crippen LogP contribution in [0.15, 0.2) is 48.5 Å². The molecule has 0 fully saturated rings. The molecule has 2 rings (SSSR count). The van der Waals surface area contributed by atoms with Crippen molar-refractivity contribution >= 4 is 23.6 Å². The number of benzene rings is 2. The lowest BCUT2D eigenvalue weighted by Crippen LogP contribution is -2.51. The Morgan fingerprint density at radius 3 is 1.86 bits per heavy atom. The van der Waals surface area contributed by atoms with Gasteiger partial charge in [-0.15, -0.1) is 6.42 Å². The maximum absolute atomic E-state index is 12.2. The highest BCUT2D eigenvalue weighted by Gasteiger charge is 2.34. The molecule has 0 saturated heterocycles. The summed E-state index contributed by atoms with van der Waals surface area (Å²) in [5.41, 5.74) is -1.07. The van der Waals surface area contributed by atoms with E-state index in [0.29, 0.717) is 11.6 Å². The third-order valence-corrected chi connectivity index (χ3v) is 4.48. The van der Waals surface area contributed by atoms with Crippen molar-refractivity contribution in [3.63, 3.8) is 0 Å². The van der Waals surface area contributed by atoms with Crippen molar-refractivity contribution in [2.45, 2.75) is 31.1 Å². The van der Waals surface area contributed by atoms with Crippen molar-refractivity contribution in [1.82, 2.24) is 5.01 Å². The molecule has 0 unspecified atom stereocenters. The number of halogens is 6. The molecule has 5 N–H and O–H groups in total. The molecule has 0 saturated carbocycles. The summed E-state index contributed by atoms with van der Waals surface area (Å²) in [6.45, 7) is 3.43. The molecule has 0 atom stereocenters. The highest BCUT2D eigenvalue weighted by atomic mass is 32.2. The number of aromatic hydroxyl groups is 1. The molecule has 0 aromatic heterocycles. The predicted molar refractivity (Wildman–Crippen MR) is 121 cm³/mol. The minimum Gasteiger partial charge on any atom is -0.507 e. The van der Waals surface area contributed by atoms with Gasteiger partial charge in [-0.25, -0.2) is 5.84 Å². The van der Waals surface area contributed by atoms with Crippen LogP contribution in [0.1, 0.15) is 40.1 Å². The van der Waals surface area contributed by atoms with Gasteiger partial charge in [-0.3, -0.25) is 14.6 Å². The molecule has 35 heavy (non-hydrogen) atoms. The van der Waals surface area contributed by atoms with Crippen molar-refractivity contribution in [2.75, 3.05) is 6.26 Å². The first-order valence-electron chi connectivity index (χ1n) is 9.31. The van der Waals surface area contributed by atoms with Gasteiger partial charge in [0, 0.05) is 11.1 Å². The van der Waals surface area contributed by atoms with E-state index in [0.717, 1.165) is 23.4 Å². The fraction of sp³-hybridized carbons (Fsp3) is 0.273. The molecule has 0 radical (unpaired) electrons. The Labute approximate surface area is 202 Å². The van der Waals surface area contributed by atoms with E-state index in [2.05, 4.69) is 5.92 Å². The monoisotopic (exact) mass is 523 g/mol. The summed E-state index contributed by atoms with van der Waals surface area (Å²) < 4.78 is 68.8. The van der Waals surface area contributed by atoms with Crippen molar-refractivity contribution in [1.29, 1.82) is 0 Å². The molecule has 2 amide bonds. The van der Waals surface area contributed by atoms with Crippen LogP contribution in [0.2, 0.25) is 0 Å². The highest BCUT2D eigenvalue weighted by molar-refractivity contribution is 7.99. The first-order chi connectivity index (χ1) is 15.9. The highest BCUT2D eigenvalue weighted by Crippen LogP contribution is 2.35. The van der Waals surface area contributed by atoms with Crippen LogP contribution in [-0.4, -0.2) is 39.2 Å². The van der Waals surface area contributed by atoms with Crippen LogP contribution in [-0.2, 0) is 6.18 Å². The molecule has 192 valence electrons. The first kappa shape index (κ1) is 31.6. The topological polar surface area (TPSA) is 110 Å². The van der Waals surface area contributed by atoms with Gasteiger partial charge < -0.3 is 10.8 Å².